The number of carbonyl (C=O) groups excluding carboxylic acids is 2. The zero-order valence-electron chi connectivity index (χ0n) is 13.5. The standard InChI is InChI=1S/C18H20N2O4/c1-20(11-12-23-14-7-3-2-4-8-14)18(22)15-9-5-6-10-16(15)24-13-17(19)21/h2-10H,11-13H2,1H3,(H2,19,21). The van der Waals surface area contributed by atoms with Crippen LogP contribution in [0.1, 0.15) is 10.4 Å². The van der Waals surface area contributed by atoms with Crippen LogP contribution in [0, 0.1) is 0 Å². The lowest BCUT2D eigenvalue weighted by Gasteiger charge is -2.19. The first kappa shape index (κ1) is 17.3. The smallest absolute Gasteiger partial charge is 0.257 e. The zero-order chi connectivity index (χ0) is 17.4. The lowest BCUT2D eigenvalue weighted by atomic mass is 10.2. The molecule has 24 heavy (non-hydrogen) atoms. The highest BCUT2D eigenvalue weighted by molar-refractivity contribution is 5.96. The lowest BCUT2D eigenvalue weighted by Crippen LogP contribution is -2.31. The van der Waals surface area contributed by atoms with Crippen molar-refractivity contribution in [1.82, 2.24) is 4.90 Å². The first-order chi connectivity index (χ1) is 11.6. The number of nitrogens with zero attached hydrogens (tertiary/aromatic N) is 1. The van der Waals surface area contributed by atoms with E-state index >= 15 is 0 Å². The molecular weight excluding hydrogens is 308 g/mol. The molecule has 2 amide bonds. The van der Waals surface area contributed by atoms with Crippen molar-refractivity contribution in [1.29, 1.82) is 0 Å². The summed E-state index contributed by atoms with van der Waals surface area (Å²) in [5, 5.41) is 0. The van der Waals surface area contributed by atoms with E-state index in [1.807, 2.05) is 30.3 Å². The van der Waals surface area contributed by atoms with Crippen LogP contribution in [0.4, 0.5) is 0 Å². The molecule has 0 atom stereocenters. The van der Waals surface area contributed by atoms with Crippen LogP contribution in [0.3, 0.4) is 0 Å². The van der Waals surface area contributed by atoms with Crippen molar-refractivity contribution in [3.63, 3.8) is 0 Å². The lowest BCUT2D eigenvalue weighted by molar-refractivity contribution is -0.119. The molecule has 0 saturated carbocycles. The number of para-hydroxylation sites is 2. The maximum atomic E-state index is 12.5. The molecule has 2 N–H and O–H groups in total. The highest BCUT2D eigenvalue weighted by Crippen LogP contribution is 2.19. The molecule has 2 rings (SSSR count). The van der Waals surface area contributed by atoms with Crippen LogP contribution in [0.15, 0.2) is 54.6 Å². The fourth-order valence-corrected chi connectivity index (χ4v) is 2.04. The molecule has 0 fully saturated rings. The van der Waals surface area contributed by atoms with Crippen LogP contribution in [0.5, 0.6) is 11.5 Å². The minimum absolute atomic E-state index is 0.216. The molecule has 0 radical (unpaired) electrons. The molecule has 0 heterocycles. The first-order valence-corrected chi connectivity index (χ1v) is 7.51. The summed E-state index contributed by atoms with van der Waals surface area (Å²) in [5.41, 5.74) is 5.45. The third-order valence-corrected chi connectivity index (χ3v) is 3.27. The summed E-state index contributed by atoms with van der Waals surface area (Å²) < 4.78 is 10.9. The van der Waals surface area contributed by atoms with Gasteiger partial charge in [-0.15, -0.1) is 0 Å². The molecule has 0 unspecified atom stereocenters. The Morgan fingerprint density at radius 2 is 1.67 bits per heavy atom. The number of primary amides is 1. The number of carbonyl (C=O) groups is 2. The van der Waals surface area contributed by atoms with Crippen molar-refractivity contribution in [2.45, 2.75) is 0 Å². The number of hydrogen-bond donors (Lipinski definition) is 1. The van der Waals surface area contributed by atoms with E-state index < -0.39 is 5.91 Å². The van der Waals surface area contributed by atoms with Gasteiger partial charge in [0.05, 0.1) is 12.1 Å². The Balaban J connectivity index is 1.93. The summed E-state index contributed by atoms with van der Waals surface area (Å²) in [5.74, 6) is 0.272. The average Bonchev–Trinajstić information content (AvgIpc) is 2.60. The third kappa shape index (κ3) is 5.01. The van der Waals surface area contributed by atoms with Gasteiger partial charge in [0.15, 0.2) is 6.61 Å². The molecule has 0 aliphatic rings. The molecule has 0 aliphatic carbocycles. The summed E-state index contributed by atoms with van der Waals surface area (Å²) in [6.07, 6.45) is 0. The van der Waals surface area contributed by atoms with Gasteiger partial charge in [-0.3, -0.25) is 9.59 Å². The Bertz CT molecular complexity index is 688. The first-order valence-electron chi connectivity index (χ1n) is 7.51. The zero-order valence-corrected chi connectivity index (χ0v) is 13.5. The van der Waals surface area contributed by atoms with Crippen molar-refractivity contribution in [2.24, 2.45) is 5.73 Å². The number of nitrogens with two attached hydrogens (primary N) is 1. The van der Waals surface area contributed by atoms with E-state index in [0.717, 1.165) is 5.75 Å². The largest absolute Gasteiger partial charge is 0.492 e. The number of amides is 2. The van der Waals surface area contributed by atoms with Crippen LogP contribution >= 0.6 is 0 Å². The van der Waals surface area contributed by atoms with Gasteiger partial charge in [-0.25, -0.2) is 0 Å². The Morgan fingerprint density at radius 1 is 1.00 bits per heavy atom. The van der Waals surface area contributed by atoms with Gasteiger partial charge in [-0.05, 0) is 24.3 Å². The quantitative estimate of drug-likeness (QED) is 0.799. The second-order valence-electron chi connectivity index (χ2n) is 5.14. The van der Waals surface area contributed by atoms with Crippen molar-refractivity contribution in [3.05, 3.63) is 60.2 Å². The van der Waals surface area contributed by atoms with Crippen LogP contribution in [0.2, 0.25) is 0 Å². The molecule has 6 nitrogen and oxygen atoms in total. The van der Waals surface area contributed by atoms with Gasteiger partial charge in [0.2, 0.25) is 0 Å². The van der Waals surface area contributed by atoms with Gasteiger partial charge < -0.3 is 20.1 Å². The molecule has 0 aliphatic heterocycles. The van der Waals surface area contributed by atoms with Gasteiger partial charge in [0.1, 0.15) is 18.1 Å². The van der Waals surface area contributed by atoms with E-state index in [1.54, 1.807) is 31.3 Å². The van der Waals surface area contributed by atoms with E-state index in [2.05, 4.69) is 0 Å². The van der Waals surface area contributed by atoms with Gasteiger partial charge >= 0.3 is 0 Å². The minimum Gasteiger partial charge on any atom is -0.492 e. The average molecular weight is 328 g/mol. The molecule has 0 saturated heterocycles. The fourth-order valence-electron chi connectivity index (χ4n) is 2.04. The Hall–Kier alpha value is -3.02. The number of rotatable bonds is 8. The van der Waals surface area contributed by atoms with Crippen LogP contribution in [-0.2, 0) is 4.79 Å². The Labute approximate surface area is 140 Å². The topological polar surface area (TPSA) is 81.9 Å². The predicted molar refractivity (Wildman–Crippen MR) is 90.0 cm³/mol. The molecule has 0 aromatic heterocycles. The van der Waals surface area contributed by atoms with Crippen LogP contribution in [0.25, 0.3) is 0 Å². The molecule has 126 valence electrons. The van der Waals surface area contributed by atoms with Gasteiger partial charge in [0.25, 0.3) is 11.8 Å². The summed E-state index contributed by atoms with van der Waals surface area (Å²) in [4.78, 5) is 24.9. The van der Waals surface area contributed by atoms with E-state index in [0.29, 0.717) is 24.5 Å². The Kier molecular flexibility index (Phi) is 6.19. The monoisotopic (exact) mass is 328 g/mol. The van der Waals surface area contributed by atoms with Crippen molar-refractivity contribution in [3.8, 4) is 11.5 Å². The van der Waals surface area contributed by atoms with Crippen LogP contribution < -0.4 is 15.2 Å². The minimum atomic E-state index is -0.595. The second-order valence-corrected chi connectivity index (χ2v) is 5.14. The predicted octanol–water partition coefficient (Wildman–Crippen LogP) is 1.70. The normalized spacial score (nSPS) is 10.0. The van der Waals surface area contributed by atoms with Crippen molar-refractivity contribution >= 4 is 11.8 Å². The SMILES string of the molecule is CN(CCOc1ccccc1)C(=O)c1ccccc1OCC(N)=O. The molecule has 2 aromatic carbocycles. The van der Waals surface area contributed by atoms with E-state index in [9.17, 15) is 9.59 Å². The number of hydrogen-bond acceptors (Lipinski definition) is 4. The molecular formula is C18H20N2O4. The van der Waals surface area contributed by atoms with E-state index in [4.69, 9.17) is 15.2 Å². The maximum Gasteiger partial charge on any atom is 0.257 e. The van der Waals surface area contributed by atoms with Gasteiger partial charge in [0, 0.05) is 7.05 Å². The molecule has 2 aromatic rings. The molecule has 6 heteroatoms. The number of ether oxygens (including phenoxy) is 2. The van der Waals surface area contributed by atoms with Gasteiger partial charge in [-0.2, -0.15) is 0 Å². The Morgan fingerprint density at radius 3 is 2.38 bits per heavy atom. The number of benzene rings is 2. The van der Waals surface area contributed by atoms with Crippen molar-refractivity contribution in [2.75, 3.05) is 26.8 Å². The summed E-state index contributed by atoms with van der Waals surface area (Å²) >= 11 is 0. The molecule has 0 spiro atoms. The fraction of sp³-hybridized carbons (Fsp3) is 0.222. The maximum absolute atomic E-state index is 12.5. The second kappa shape index (κ2) is 8.57. The third-order valence-electron chi connectivity index (χ3n) is 3.27. The van der Waals surface area contributed by atoms with Gasteiger partial charge in [-0.1, -0.05) is 30.3 Å². The highest BCUT2D eigenvalue weighted by atomic mass is 16.5. The van der Waals surface area contributed by atoms with E-state index in [1.165, 1.54) is 4.90 Å². The van der Waals surface area contributed by atoms with Crippen LogP contribution in [-0.4, -0.2) is 43.5 Å². The summed E-state index contributed by atoms with van der Waals surface area (Å²) in [7, 11) is 1.68. The van der Waals surface area contributed by atoms with E-state index in [-0.39, 0.29) is 12.5 Å². The summed E-state index contributed by atoms with van der Waals surface area (Å²) in [6, 6.07) is 16.1. The summed E-state index contributed by atoms with van der Waals surface area (Å²) in [6.45, 7) is 0.513. The van der Waals surface area contributed by atoms with Crippen molar-refractivity contribution < 1.29 is 19.1 Å². The highest BCUT2D eigenvalue weighted by Gasteiger charge is 2.16. The molecule has 0 bridgehead atoms. The number of likely N-dealkylation sites (N-methyl/N-ethyl adjacent to an activating group) is 1.